The minimum Gasteiger partial charge on any atom is -0.496 e. The third kappa shape index (κ3) is 4.42. The maximum atomic E-state index is 12.6. The quantitative estimate of drug-likeness (QED) is 0.879. The second kappa shape index (κ2) is 6.28. The van der Waals surface area contributed by atoms with Crippen LogP contribution in [0.1, 0.15) is 36.1 Å². The highest BCUT2D eigenvalue weighted by Crippen LogP contribution is 2.33. The molecule has 0 aliphatic rings. The fourth-order valence-corrected chi connectivity index (χ4v) is 2.18. The van der Waals surface area contributed by atoms with Crippen LogP contribution >= 0.6 is 0 Å². The van der Waals surface area contributed by atoms with Gasteiger partial charge < -0.3 is 10.1 Å². The Morgan fingerprint density at radius 1 is 1.21 bits per heavy atom. The van der Waals surface area contributed by atoms with Crippen molar-refractivity contribution < 1.29 is 17.9 Å². The third-order valence-electron chi connectivity index (χ3n) is 3.05. The van der Waals surface area contributed by atoms with Gasteiger partial charge in [-0.05, 0) is 43.1 Å². The van der Waals surface area contributed by atoms with Crippen LogP contribution in [0.4, 0.5) is 13.2 Å². The summed E-state index contributed by atoms with van der Waals surface area (Å²) >= 11 is 0. The van der Waals surface area contributed by atoms with Crippen LogP contribution in [-0.2, 0) is 0 Å². The standard InChI is InChI=1S/C14H20F3NO/c1-5-18-12(8-14(15,16)17)11-6-10(3)13(19-4)7-9(11)2/h6-7,12,18H,5,8H2,1-4H3. The van der Waals surface area contributed by atoms with Crippen molar-refractivity contribution in [3.63, 3.8) is 0 Å². The number of methoxy groups -OCH3 is 1. The lowest BCUT2D eigenvalue weighted by Gasteiger charge is -2.23. The van der Waals surface area contributed by atoms with E-state index in [1.807, 2.05) is 6.92 Å². The fourth-order valence-electron chi connectivity index (χ4n) is 2.18. The van der Waals surface area contributed by atoms with E-state index in [0.29, 0.717) is 17.9 Å². The van der Waals surface area contributed by atoms with E-state index in [-0.39, 0.29) is 0 Å². The molecule has 5 heteroatoms. The van der Waals surface area contributed by atoms with Gasteiger partial charge in [0.05, 0.1) is 13.5 Å². The largest absolute Gasteiger partial charge is 0.496 e. The molecule has 0 aliphatic heterocycles. The average Bonchev–Trinajstić information content (AvgIpc) is 2.29. The maximum Gasteiger partial charge on any atom is 0.390 e. The van der Waals surface area contributed by atoms with Crippen LogP contribution < -0.4 is 10.1 Å². The predicted octanol–water partition coefficient (Wildman–Crippen LogP) is 3.92. The molecule has 1 unspecified atom stereocenters. The zero-order valence-electron chi connectivity index (χ0n) is 11.7. The van der Waals surface area contributed by atoms with Gasteiger partial charge in [0, 0.05) is 6.04 Å². The molecule has 1 atom stereocenters. The molecule has 108 valence electrons. The van der Waals surface area contributed by atoms with Crippen LogP contribution in [0.2, 0.25) is 0 Å². The second-order valence-corrected chi connectivity index (χ2v) is 4.61. The SMILES string of the molecule is CCNC(CC(F)(F)F)c1cc(C)c(OC)cc1C. The molecular formula is C14H20F3NO. The van der Waals surface area contributed by atoms with E-state index in [1.165, 1.54) is 0 Å². The summed E-state index contributed by atoms with van der Waals surface area (Å²) in [4.78, 5) is 0. The number of halogens is 3. The van der Waals surface area contributed by atoms with Gasteiger partial charge in [-0.15, -0.1) is 0 Å². The number of hydrogen-bond acceptors (Lipinski definition) is 2. The smallest absolute Gasteiger partial charge is 0.390 e. The highest BCUT2D eigenvalue weighted by atomic mass is 19.4. The first-order chi connectivity index (χ1) is 8.78. The molecule has 0 heterocycles. The molecule has 1 aromatic rings. The number of aryl methyl sites for hydroxylation is 2. The van der Waals surface area contributed by atoms with Crippen LogP contribution in [-0.4, -0.2) is 19.8 Å². The monoisotopic (exact) mass is 275 g/mol. The van der Waals surface area contributed by atoms with Crippen molar-refractivity contribution >= 4 is 0 Å². The molecule has 0 fully saturated rings. The second-order valence-electron chi connectivity index (χ2n) is 4.61. The van der Waals surface area contributed by atoms with Crippen molar-refractivity contribution in [3.05, 3.63) is 28.8 Å². The van der Waals surface area contributed by atoms with E-state index >= 15 is 0 Å². The molecule has 2 nitrogen and oxygen atoms in total. The molecule has 19 heavy (non-hydrogen) atoms. The zero-order valence-corrected chi connectivity index (χ0v) is 11.7. The highest BCUT2D eigenvalue weighted by molar-refractivity contribution is 5.42. The number of rotatable bonds is 5. The Hall–Kier alpha value is -1.23. The molecule has 0 bridgehead atoms. The number of hydrogen-bond donors (Lipinski definition) is 1. The molecule has 0 saturated heterocycles. The fraction of sp³-hybridized carbons (Fsp3) is 0.571. The third-order valence-corrected chi connectivity index (χ3v) is 3.05. The first-order valence-electron chi connectivity index (χ1n) is 6.23. The Labute approximate surface area is 112 Å². The van der Waals surface area contributed by atoms with E-state index in [1.54, 1.807) is 33.1 Å². The lowest BCUT2D eigenvalue weighted by Crippen LogP contribution is -2.27. The molecular weight excluding hydrogens is 255 g/mol. The van der Waals surface area contributed by atoms with Crippen LogP contribution in [0.3, 0.4) is 0 Å². The lowest BCUT2D eigenvalue weighted by atomic mass is 9.96. The summed E-state index contributed by atoms with van der Waals surface area (Å²) < 4.78 is 43.1. The van der Waals surface area contributed by atoms with Gasteiger partial charge in [-0.3, -0.25) is 0 Å². The first-order valence-corrected chi connectivity index (χ1v) is 6.23. The summed E-state index contributed by atoms with van der Waals surface area (Å²) in [6.45, 7) is 5.93. The Balaban J connectivity index is 3.12. The lowest BCUT2D eigenvalue weighted by molar-refractivity contribution is -0.140. The van der Waals surface area contributed by atoms with E-state index in [4.69, 9.17) is 4.74 Å². The molecule has 0 radical (unpaired) electrons. The van der Waals surface area contributed by atoms with Gasteiger partial charge in [-0.2, -0.15) is 13.2 Å². The molecule has 0 saturated carbocycles. The maximum absolute atomic E-state index is 12.6. The summed E-state index contributed by atoms with van der Waals surface area (Å²) in [7, 11) is 1.55. The number of alkyl halides is 3. The van der Waals surface area contributed by atoms with Crippen molar-refractivity contribution in [2.24, 2.45) is 0 Å². The summed E-state index contributed by atoms with van der Waals surface area (Å²) in [5, 5.41) is 2.90. The van der Waals surface area contributed by atoms with Gasteiger partial charge in [-0.1, -0.05) is 13.0 Å². The first kappa shape index (κ1) is 15.8. The summed E-state index contributed by atoms with van der Waals surface area (Å²) in [5.74, 6) is 0.698. The normalized spacial score (nSPS) is 13.4. The van der Waals surface area contributed by atoms with E-state index in [2.05, 4.69) is 5.32 Å². The number of nitrogens with one attached hydrogen (secondary N) is 1. The van der Waals surface area contributed by atoms with Gasteiger partial charge in [0.25, 0.3) is 0 Å². The molecule has 0 aliphatic carbocycles. The zero-order chi connectivity index (χ0) is 14.6. The van der Waals surface area contributed by atoms with Gasteiger partial charge in [-0.25, -0.2) is 0 Å². The average molecular weight is 275 g/mol. The Morgan fingerprint density at radius 2 is 1.84 bits per heavy atom. The Morgan fingerprint density at radius 3 is 2.32 bits per heavy atom. The summed E-state index contributed by atoms with van der Waals surface area (Å²) in [5.41, 5.74) is 2.32. The predicted molar refractivity (Wildman–Crippen MR) is 69.6 cm³/mol. The van der Waals surface area contributed by atoms with Gasteiger partial charge in [0.1, 0.15) is 5.75 Å². The van der Waals surface area contributed by atoms with Gasteiger partial charge in [0.2, 0.25) is 0 Å². The molecule has 0 spiro atoms. The number of benzene rings is 1. The highest BCUT2D eigenvalue weighted by Gasteiger charge is 2.33. The van der Waals surface area contributed by atoms with Crippen molar-refractivity contribution in [1.82, 2.24) is 5.32 Å². The summed E-state index contributed by atoms with van der Waals surface area (Å²) in [6, 6.07) is 2.84. The Bertz CT molecular complexity index is 429. The molecule has 1 N–H and O–H groups in total. The molecule has 0 aromatic heterocycles. The topological polar surface area (TPSA) is 21.3 Å². The molecule has 0 amide bonds. The van der Waals surface area contributed by atoms with E-state index in [0.717, 1.165) is 11.1 Å². The van der Waals surface area contributed by atoms with Crippen molar-refractivity contribution in [1.29, 1.82) is 0 Å². The van der Waals surface area contributed by atoms with Crippen molar-refractivity contribution in [2.45, 2.75) is 39.4 Å². The molecule has 1 rings (SSSR count). The van der Waals surface area contributed by atoms with Crippen LogP contribution in [0.15, 0.2) is 12.1 Å². The minimum absolute atomic E-state index is 0.491. The number of ether oxygens (including phenoxy) is 1. The van der Waals surface area contributed by atoms with E-state index < -0.39 is 18.6 Å². The van der Waals surface area contributed by atoms with Crippen LogP contribution in [0.5, 0.6) is 5.75 Å². The van der Waals surface area contributed by atoms with Gasteiger partial charge >= 0.3 is 6.18 Å². The van der Waals surface area contributed by atoms with Crippen LogP contribution in [0.25, 0.3) is 0 Å². The van der Waals surface area contributed by atoms with Crippen molar-refractivity contribution in [3.8, 4) is 5.75 Å². The summed E-state index contributed by atoms with van der Waals surface area (Å²) in [6.07, 6.45) is -5.06. The van der Waals surface area contributed by atoms with Gasteiger partial charge in [0.15, 0.2) is 0 Å². The van der Waals surface area contributed by atoms with E-state index in [9.17, 15) is 13.2 Å². The Kier molecular flexibility index (Phi) is 5.23. The minimum atomic E-state index is -4.19. The van der Waals surface area contributed by atoms with Crippen molar-refractivity contribution in [2.75, 3.05) is 13.7 Å². The van der Waals surface area contributed by atoms with Crippen LogP contribution in [0, 0.1) is 13.8 Å². The molecule has 1 aromatic carbocycles.